The Kier molecular flexibility index (Phi) is 4.16. The smallest absolute Gasteiger partial charge is 0.133 e. The zero-order chi connectivity index (χ0) is 11.4. The minimum Gasteiger partial charge on any atom is -0.315 e. The number of halogens is 1. The van der Waals surface area contributed by atoms with Crippen LogP contribution in [0.25, 0.3) is 0 Å². The first-order valence-electron chi connectivity index (χ1n) is 5.85. The number of pyridine rings is 1. The summed E-state index contributed by atoms with van der Waals surface area (Å²) in [5, 5.41) is 4.03. The van der Waals surface area contributed by atoms with Gasteiger partial charge in [-0.3, -0.25) is 4.90 Å². The maximum absolute atomic E-state index is 6.08. The van der Waals surface area contributed by atoms with Crippen molar-refractivity contribution >= 4 is 11.6 Å². The lowest BCUT2D eigenvalue weighted by Gasteiger charge is -2.27. The summed E-state index contributed by atoms with van der Waals surface area (Å²) >= 11 is 6.08. The molecule has 1 unspecified atom stereocenters. The van der Waals surface area contributed by atoms with Crippen molar-refractivity contribution in [2.24, 2.45) is 0 Å². The Labute approximate surface area is 102 Å². The third kappa shape index (κ3) is 2.73. The Bertz CT molecular complexity index is 337. The molecule has 0 aromatic carbocycles. The Balaban J connectivity index is 2.03. The molecule has 1 aromatic rings. The van der Waals surface area contributed by atoms with Gasteiger partial charge in [0.15, 0.2) is 0 Å². The molecule has 88 valence electrons. The zero-order valence-electron chi connectivity index (χ0n) is 9.62. The standard InChI is InChI=1S/C12H18ClN3/c1-2-16(11-5-7-14-8-11)9-10-4-3-6-15-12(10)13/h3-4,6,11,14H,2,5,7-9H2,1H3. The van der Waals surface area contributed by atoms with Crippen LogP contribution < -0.4 is 5.32 Å². The molecule has 1 saturated heterocycles. The minimum absolute atomic E-state index is 0.631. The quantitative estimate of drug-likeness (QED) is 0.814. The number of likely N-dealkylation sites (N-methyl/N-ethyl adjacent to an activating group) is 1. The molecule has 1 N–H and O–H groups in total. The van der Waals surface area contributed by atoms with Gasteiger partial charge in [-0.05, 0) is 25.6 Å². The number of hydrogen-bond acceptors (Lipinski definition) is 3. The highest BCUT2D eigenvalue weighted by atomic mass is 35.5. The van der Waals surface area contributed by atoms with Crippen LogP contribution in [0.2, 0.25) is 5.15 Å². The van der Waals surface area contributed by atoms with Crippen LogP contribution in [0.15, 0.2) is 18.3 Å². The summed E-state index contributed by atoms with van der Waals surface area (Å²) in [4.78, 5) is 6.58. The third-order valence-electron chi connectivity index (χ3n) is 3.17. The van der Waals surface area contributed by atoms with E-state index in [2.05, 4.69) is 28.2 Å². The average Bonchev–Trinajstić information content (AvgIpc) is 2.81. The minimum atomic E-state index is 0.631. The van der Waals surface area contributed by atoms with Crippen molar-refractivity contribution in [3.8, 4) is 0 Å². The maximum atomic E-state index is 6.08. The first kappa shape index (κ1) is 11.8. The molecule has 3 nitrogen and oxygen atoms in total. The van der Waals surface area contributed by atoms with E-state index in [4.69, 9.17) is 11.6 Å². The monoisotopic (exact) mass is 239 g/mol. The molecule has 1 fully saturated rings. The number of rotatable bonds is 4. The molecule has 2 rings (SSSR count). The molecular weight excluding hydrogens is 222 g/mol. The number of nitrogens with zero attached hydrogens (tertiary/aromatic N) is 2. The van der Waals surface area contributed by atoms with E-state index in [1.807, 2.05) is 6.07 Å². The first-order chi connectivity index (χ1) is 7.81. The van der Waals surface area contributed by atoms with Crippen molar-refractivity contribution in [3.63, 3.8) is 0 Å². The molecule has 1 aliphatic rings. The predicted octanol–water partition coefficient (Wildman–Crippen LogP) is 1.92. The van der Waals surface area contributed by atoms with Crippen molar-refractivity contribution in [2.45, 2.75) is 25.9 Å². The van der Waals surface area contributed by atoms with E-state index in [0.717, 1.165) is 31.7 Å². The summed E-state index contributed by atoms with van der Waals surface area (Å²) in [5.41, 5.74) is 1.12. The van der Waals surface area contributed by atoms with Crippen LogP contribution >= 0.6 is 11.6 Å². The van der Waals surface area contributed by atoms with E-state index in [9.17, 15) is 0 Å². The summed E-state index contributed by atoms with van der Waals surface area (Å²) in [6.45, 7) is 6.36. The Hall–Kier alpha value is -0.640. The highest BCUT2D eigenvalue weighted by Gasteiger charge is 2.21. The highest BCUT2D eigenvalue weighted by molar-refractivity contribution is 6.30. The summed E-state index contributed by atoms with van der Waals surface area (Å²) in [7, 11) is 0. The first-order valence-corrected chi connectivity index (χ1v) is 6.23. The van der Waals surface area contributed by atoms with Gasteiger partial charge in [0, 0.05) is 30.9 Å². The summed E-state index contributed by atoms with van der Waals surface area (Å²) < 4.78 is 0. The molecule has 1 aliphatic heterocycles. The van der Waals surface area contributed by atoms with E-state index >= 15 is 0 Å². The fraction of sp³-hybridized carbons (Fsp3) is 0.583. The van der Waals surface area contributed by atoms with E-state index in [-0.39, 0.29) is 0 Å². The topological polar surface area (TPSA) is 28.2 Å². The van der Waals surface area contributed by atoms with Crippen LogP contribution in [0, 0.1) is 0 Å². The Morgan fingerprint density at radius 2 is 2.50 bits per heavy atom. The van der Waals surface area contributed by atoms with E-state index in [0.29, 0.717) is 11.2 Å². The fourth-order valence-corrected chi connectivity index (χ4v) is 2.39. The molecule has 0 amide bonds. The van der Waals surface area contributed by atoms with Crippen LogP contribution in [0.4, 0.5) is 0 Å². The molecule has 0 aliphatic carbocycles. The second kappa shape index (κ2) is 5.62. The Morgan fingerprint density at radius 1 is 1.62 bits per heavy atom. The summed E-state index contributed by atoms with van der Waals surface area (Å²) in [5.74, 6) is 0. The lowest BCUT2D eigenvalue weighted by molar-refractivity contribution is 0.210. The molecule has 2 heterocycles. The zero-order valence-corrected chi connectivity index (χ0v) is 10.4. The van der Waals surface area contributed by atoms with Gasteiger partial charge in [0.05, 0.1) is 0 Å². The molecule has 4 heteroatoms. The van der Waals surface area contributed by atoms with Crippen molar-refractivity contribution in [3.05, 3.63) is 29.0 Å². The van der Waals surface area contributed by atoms with E-state index in [1.54, 1.807) is 6.20 Å². The van der Waals surface area contributed by atoms with E-state index < -0.39 is 0 Å². The third-order valence-corrected chi connectivity index (χ3v) is 3.51. The van der Waals surface area contributed by atoms with Crippen LogP contribution in [0.3, 0.4) is 0 Å². The molecular formula is C12H18ClN3. The summed E-state index contributed by atoms with van der Waals surface area (Å²) in [6.07, 6.45) is 2.96. The summed E-state index contributed by atoms with van der Waals surface area (Å²) in [6, 6.07) is 4.64. The van der Waals surface area contributed by atoms with Gasteiger partial charge in [0.2, 0.25) is 0 Å². The van der Waals surface area contributed by atoms with Gasteiger partial charge in [0.25, 0.3) is 0 Å². The number of nitrogens with one attached hydrogen (secondary N) is 1. The van der Waals surface area contributed by atoms with Crippen LogP contribution in [0.5, 0.6) is 0 Å². The van der Waals surface area contributed by atoms with Crippen LogP contribution in [-0.4, -0.2) is 35.6 Å². The molecule has 0 bridgehead atoms. The number of aromatic nitrogens is 1. The normalized spacial score (nSPS) is 20.6. The van der Waals surface area contributed by atoms with Crippen molar-refractivity contribution in [1.29, 1.82) is 0 Å². The lowest BCUT2D eigenvalue weighted by Crippen LogP contribution is -2.36. The molecule has 0 radical (unpaired) electrons. The van der Waals surface area contributed by atoms with Gasteiger partial charge in [-0.1, -0.05) is 24.6 Å². The van der Waals surface area contributed by atoms with Gasteiger partial charge in [-0.15, -0.1) is 0 Å². The second-order valence-corrected chi connectivity index (χ2v) is 4.52. The SMILES string of the molecule is CCN(Cc1cccnc1Cl)C1CCNC1. The van der Waals surface area contributed by atoms with Gasteiger partial charge >= 0.3 is 0 Å². The Morgan fingerprint density at radius 3 is 3.12 bits per heavy atom. The molecule has 1 atom stereocenters. The van der Waals surface area contributed by atoms with Crippen LogP contribution in [-0.2, 0) is 6.54 Å². The van der Waals surface area contributed by atoms with Gasteiger partial charge in [-0.2, -0.15) is 0 Å². The van der Waals surface area contributed by atoms with Crippen LogP contribution in [0.1, 0.15) is 18.9 Å². The predicted molar refractivity (Wildman–Crippen MR) is 66.6 cm³/mol. The molecule has 1 aromatic heterocycles. The lowest BCUT2D eigenvalue weighted by atomic mass is 10.2. The van der Waals surface area contributed by atoms with E-state index in [1.165, 1.54) is 6.42 Å². The second-order valence-electron chi connectivity index (χ2n) is 4.16. The van der Waals surface area contributed by atoms with Crippen molar-refractivity contribution < 1.29 is 0 Å². The van der Waals surface area contributed by atoms with Gasteiger partial charge in [-0.25, -0.2) is 4.98 Å². The van der Waals surface area contributed by atoms with Crippen molar-refractivity contribution in [1.82, 2.24) is 15.2 Å². The maximum Gasteiger partial charge on any atom is 0.133 e. The largest absolute Gasteiger partial charge is 0.315 e. The van der Waals surface area contributed by atoms with Crippen molar-refractivity contribution in [2.75, 3.05) is 19.6 Å². The molecule has 0 spiro atoms. The fourth-order valence-electron chi connectivity index (χ4n) is 2.21. The highest BCUT2D eigenvalue weighted by Crippen LogP contribution is 2.17. The van der Waals surface area contributed by atoms with Gasteiger partial charge in [0.1, 0.15) is 5.15 Å². The average molecular weight is 240 g/mol. The molecule has 0 saturated carbocycles. The molecule has 16 heavy (non-hydrogen) atoms. The van der Waals surface area contributed by atoms with Gasteiger partial charge < -0.3 is 5.32 Å². The number of hydrogen-bond donors (Lipinski definition) is 1.